The Morgan fingerprint density at radius 1 is 1.24 bits per heavy atom. The summed E-state index contributed by atoms with van der Waals surface area (Å²) in [5, 5.41) is 13.8. The summed E-state index contributed by atoms with van der Waals surface area (Å²) in [6.45, 7) is 2.03. The van der Waals surface area contributed by atoms with Crippen molar-refractivity contribution in [2.24, 2.45) is 0 Å². The fraction of sp³-hybridized carbons (Fsp3) is 0.571. The van der Waals surface area contributed by atoms with E-state index in [4.69, 9.17) is 0 Å². The van der Waals surface area contributed by atoms with Crippen LogP contribution < -0.4 is 5.32 Å². The molecule has 2 heterocycles. The van der Waals surface area contributed by atoms with Crippen LogP contribution in [0.25, 0.3) is 0 Å². The van der Waals surface area contributed by atoms with Crippen molar-refractivity contribution in [2.45, 2.75) is 54.7 Å². The predicted molar refractivity (Wildman–Crippen MR) is 80.7 cm³/mol. The van der Waals surface area contributed by atoms with Crippen LogP contribution in [0, 0.1) is 6.92 Å². The average molecular weight is 302 g/mol. The Bertz CT molecular complexity index is 674. The minimum absolute atomic E-state index is 0.601. The zero-order valence-electron chi connectivity index (χ0n) is 12.2. The fourth-order valence-electron chi connectivity index (χ4n) is 2.39. The third kappa shape index (κ3) is 2.50. The van der Waals surface area contributed by atoms with Crippen LogP contribution in [-0.4, -0.2) is 31.8 Å². The molecule has 0 aromatic carbocycles. The molecule has 6 nitrogen and oxygen atoms in total. The number of hydrogen-bond donors (Lipinski definition) is 1. The van der Waals surface area contributed by atoms with Crippen LogP contribution in [0.2, 0.25) is 0 Å². The van der Waals surface area contributed by atoms with Crippen molar-refractivity contribution < 1.29 is 0 Å². The third-order valence-corrected chi connectivity index (χ3v) is 4.95. The highest BCUT2D eigenvalue weighted by atomic mass is 32.2. The molecule has 21 heavy (non-hydrogen) atoms. The maximum Gasteiger partial charge on any atom is 0.223 e. The van der Waals surface area contributed by atoms with E-state index >= 15 is 0 Å². The predicted octanol–water partition coefficient (Wildman–Crippen LogP) is 2.78. The summed E-state index contributed by atoms with van der Waals surface area (Å²) in [4.78, 5) is 8.77. The molecule has 0 spiro atoms. The Morgan fingerprint density at radius 3 is 2.71 bits per heavy atom. The lowest BCUT2D eigenvalue weighted by molar-refractivity contribution is 0.626. The first-order chi connectivity index (χ1) is 10.3. The maximum absolute atomic E-state index is 4.54. The number of nitrogens with zero attached hydrogens (tertiary/aromatic N) is 5. The first-order valence-electron chi connectivity index (χ1n) is 7.40. The van der Waals surface area contributed by atoms with Gasteiger partial charge in [-0.3, -0.25) is 0 Å². The van der Waals surface area contributed by atoms with Crippen LogP contribution in [0.3, 0.4) is 0 Å². The van der Waals surface area contributed by atoms with Gasteiger partial charge in [-0.25, -0.2) is 9.97 Å². The van der Waals surface area contributed by atoms with E-state index in [1.807, 2.05) is 20.2 Å². The van der Waals surface area contributed by atoms with Crippen LogP contribution in [0.5, 0.6) is 0 Å². The summed E-state index contributed by atoms with van der Waals surface area (Å²) in [6.07, 6.45) is 6.85. The lowest BCUT2D eigenvalue weighted by atomic mass is 10.4. The van der Waals surface area contributed by atoms with E-state index in [1.165, 1.54) is 31.5 Å². The van der Waals surface area contributed by atoms with Crippen LogP contribution in [0.15, 0.2) is 16.4 Å². The molecule has 2 aliphatic carbocycles. The van der Waals surface area contributed by atoms with Gasteiger partial charge in [0.25, 0.3) is 0 Å². The molecule has 2 aliphatic rings. The number of hydrogen-bond acceptors (Lipinski definition) is 6. The van der Waals surface area contributed by atoms with Crippen LogP contribution in [-0.2, 0) is 0 Å². The molecule has 4 rings (SSSR count). The Balaban J connectivity index is 1.68. The van der Waals surface area contributed by atoms with Gasteiger partial charge in [-0.15, -0.1) is 10.2 Å². The molecule has 0 unspecified atom stereocenters. The Hall–Kier alpha value is -1.63. The summed E-state index contributed by atoms with van der Waals surface area (Å²) < 4.78 is 2.35. The molecule has 0 saturated heterocycles. The largest absolute Gasteiger partial charge is 0.357 e. The molecule has 0 bridgehead atoms. The summed E-state index contributed by atoms with van der Waals surface area (Å²) in [5.41, 5.74) is 1.07. The van der Waals surface area contributed by atoms with Crippen molar-refractivity contribution in [1.29, 1.82) is 0 Å². The molecule has 0 atom stereocenters. The van der Waals surface area contributed by atoms with Gasteiger partial charge in [-0.05, 0) is 44.4 Å². The zero-order valence-corrected chi connectivity index (χ0v) is 13.0. The molecule has 0 amide bonds. The fourth-order valence-corrected chi connectivity index (χ4v) is 3.33. The van der Waals surface area contributed by atoms with Crippen LogP contribution in [0.1, 0.15) is 49.0 Å². The summed E-state index contributed by atoms with van der Waals surface area (Å²) in [6, 6.07) is 0.601. The van der Waals surface area contributed by atoms with E-state index in [0.29, 0.717) is 17.9 Å². The molecule has 110 valence electrons. The van der Waals surface area contributed by atoms with Crippen LogP contribution >= 0.6 is 11.8 Å². The van der Waals surface area contributed by atoms with Gasteiger partial charge in [0, 0.05) is 30.8 Å². The lowest BCUT2D eigenvalue weighted by Gasteiger charge is -2.09. The van der Waals surface area contributed by atoms with E-state index in [-0.39, 0.29) is 0 Å². The normalized spacial score (nSPS) is 18.0. The Morgan fingerprint density at radius 2 is 2.05 bits per heavy atom. The average Bonchev–Trinajstić information content (AvgIpc) is 3.40. The quantitative estimate of drug-likeness (QED) is 0.857. The van der Waals surface area contributed by atoms with Crippen molar-refractivity contribution in [1.82, 2.24) is 24.7 Å². The van der Waals surface area contributed by atoms with E-state index in [0.717, 1.165) is 15.7 Å². The molecule has 2 aromatic heterocycles. The molecule has 2 saturated carbocycles. The topological polar surface area (TPSA) is 68.5 Å². The molecular formula is C14H18N6S. The highest BCUT2D eigenvalue weighted by Crippen LogP contribution is 2.46. The number of rotatable bonds is 5. The molecule has 2 aromatic rings. The number of nitrogens with one attached hydrogen (secondary N) is 1. The molecular weight excluding hydrogens is 284 g/mol. The highest BCUT2D eigenvalue weighted by Gasteiger charge is 2.36. The van der Waals surface area contributed by atoms with Gasteiger partial charge in [-0.2, -0.15) is 0 Å². The van der Waals surface area contributed by atoms with Gasteiger partial charge in [0.15, 0.2) is 5.16 Å². The van der Waals surface area contributed by atoms with Gasteiger partial charge < -0.3 is 9.88 Å². The monoisotopic (exact) mass is 302 g/mol. The lowest BCUT2D eigenvalue weighted by Crippen LogP contribution is -2.03. The van der Waals surface area contributed by atoms with E-state index < -0.39 is 0 Å². The number of aromatic nitrogens is 5. The Labute approximate surface area is 127 Å². The second kappa shape index (κ2) is 4.98. The maximum atomic E-state index is 4.54. The second-order valence-electron chi connectivity index (χ2n) is 5.75. The standard InChI is InChI=1S/C14H18N6S/c1-8-7-16-13(15-2)17-12(8)21-14-19-18-11(9-3-4-9)20(14)10-5-6-10/h7,9-10H,3-6H2,1-2H3,(H,15,16,17). The summed E-state index contributed by atoms with van der Waals surface area (Å²) in [5.74, 6) is 2.45. The van der Waals surface area contributed by atoms with Gasteiger partial charge in [0.2, 0.25) is 5.95 Å². The molecule has 0 radical (unpaired) electrons. The highest BCUT2D eigenvalue weighted by molar-refractivity contribution is 7.99. The van der Waals surface area contributed by atoms with Crippen LogP contribution in [0.4, 0.5) is 5.95 Å². The van der Waals surface area contributed by atoms with E-state index in [9.17, 15) is 0 Å². The van der Waals surface area contributed by atoms with Crippen molar-refractivity contribution in [3.05, 3.63) is 17.6 Å². The first-order valence-corrected chi connectivity index (χ1v) is 8.22. The molecule has 1 N–H and O–H groups in total. The minimum Gasteiger partial charge on any atom is -0.357 e. The molecule has 0 aliphatic heterocycles. The van der Waals surface area contributed by atoms with E-state index in [1.54, 1.807) is 11.8 Å². The van der Waals surface area contributed by atoms with Crippen molar-refractivity contribution in [2.75, 3.05) is 12.4 Å². The SMILES string of the molecule is CNc1ncc(C)c(Sc2nnc(C3CC3)n2C2CC2)n1. The van der Waals surface area contributed by atoms with Crippen molar-refractivity contribution in [3.8, 4) is 0 Å². The molecule has 7 heteroatoms. The van der Waals surface area contributed by atoms with Crippen molar-refractivity contribution >= 4 is 17.7 Å². The minimum atomic E-state index is 0.601. The third-order valence-electron chi connectivity index (χ3n) is 3.88. The first kappa shape index (κ1) is 13.1. The summed E-state index contributed by atoms with van der Waals surface area (Å²) >= 11 is 1.60. The zero-order chi connectivity index (χ0) is 14.4. The second-order valence-corrected chi connectivity index (χ2v) is 6.71. The smallest absolute Gasteiger partial charge is 0.223 e. The van der Waals surface area contributed by atoms with Gasteiger partial charge in [0.05, 0.1) is 0 Å². The molecule has 2 fully saturated rings. The summed E-state index contributed by atoms with van der Waals surface area (Å²) in [7, 11) is 1.83. The number of anilines is 1. The number of aryl methyl sites for hydroxylation is 1. The Kier molecular flexibility index (Phi) is 3.10. The van der Waals surface area contributed by atoms with E-state index in [2.05, 4.69) is 30.0 Å². The van der Waals surface area contributed by atoms with Gasteiger partial charge in [0.1, 0.15) is 10.9 Å². The van der Waals surface area contributed by atoms with Gasteiger partial charge in [-0.1, -0.05) is 0 Å². The van der Waals surface area contributed by atoms with Crippen molar-refractivity contribution in [3.63, 3.8) is 0 Å². The van der Waals surface area contributed by atoms with Gasteiger partial charge >= 0.3 is 0 Å².